The number of fused-ring (bicyclic) bond motifs is 6. The fourth-order valence-corrected chi connectivity index (χ4v) is 6.09. The number of rotatable bonds is 0. The van der Waals surface area contributed by atoms with Crippen molar-refractivity contribution >= 4 is 97.6 Å². The Kier molecular flexibility index (Phi) is 5.19. The summed E-state index contributed by atoms with van der Waals surface area (Å²) in [5.74, 6) is -0.316. The molecule has 1 spiro atoms. The summed E-state index contributed by atoms with van der Waals surface area (Å²) in [6.07, 6.45) is 0. The number of aromatic hydroxyl groups is 2. The predicted octanol–water partition coefficient (Wildman–Crippen LogP) is 7.49. The summed E-state index contributed by atoms with van der Waals surface area (Å²) < 4.78 is 12.9. The van der Waals surface area contributed by atoms with Crippen LogP contribution in [0.5, 0.6) is 23.0 Å². The van der Waals surface area contributed by atoms with E-state index in [9.17, 15) is 15.0 Å². The highest BCUT2D eigenvalue weighted by Gasteiger charge is 2.57. The molecule has 2 aliphatic rings. The van der Waals surface area contributed by atoms with Gasteiger partial charge in [0, 0.05) is 16.7 Å². The number of hydrogen-bond acceptors (Lipinski definition) is 5. The van der Waals surface area contributed by atoms with Crippen molar-refractivity contribution in [3.05, 3.63) is 73.8 Å². The third-order valence-electron chi connectivity index (χ3n) is 5.19. The molecule has 5 nitrogen and oxygen atoms in total. The van der Waals surface area contributed by atoms with E-state index in [4.69, 9.17) is 55.9 Å². The average Bonchev–Trinajstić information content (AvgIpc) is 3.04. The van der Waals surface area contributed by atoms with Gasteiger partial charge in [0.1, 0.15) is 11.5 Å². The van der Waals surface area contributed by atoms with Crippen LogP contribution >= 0.6 is 91.6 Å². The minimum Gasteiger partial charge on any atom is -0.507 e. The summed E-state index contributed by atoms with van der Waals surface area (Å²) in [5, 5.41) is 20.4. The zero-order valence-electron chi connectivity index (χ0n) is 14.7. The molecule has 0 aromatic heterocycles. The molecule has 2 heterocycles. The number of ether oxygens (including phenoxy) is 2. The topological polar surface area (TPSA) is 76.0 Å². The molecule has 2 N–H and O–H groups in total. The third kappa shape index (κ3) is 2.77. The molecule has 0 bridgehead atoms. The molecule has 0 atom stereocenters. The normalized spacial score (nSPS) is 15.2. The first-order chi connectivity index (χ1) is 14.6. The van der Waals surface area contributed by atoms with Crippen LogP contribution in [0.3, 0.4) is 0 Å². The van der Waals surface area contributed by atoms with Gasteiger partial charge >= 0.3 is 5.97 Å². The van der Waals surface area contributed by atoms with Crippen molar-refractivity contribution in [2.24, 2.45) is 0 Å². The largest absolute Gasteiger partial charge is 0.507 e. The van der Waals surface area contributed by atoms with Crippen molar-refractivity contribution in [1.29, 1.82) is 0 Å². The van der Waals surface area contributed by atoms with Gasteiger partial charge in [-0.15, -0.1) is 0 Å². The minimum absolute atomic E-state index is 0.00174. The first kappa shape index (κ1) is 22.0. The molecular weight excluding hydrogens is 716 g/mol. The number of esters is 1. The zero-order valence-corrected chi connectivity index (χ0v) is 22.0. The van der Waals surface area contributed by atoms with Gasteiger partial charge in [-0.3, -0.25) is 0 Å². The van der Waals surface area contributed by atoms with E-state index in [2.05, 4.69) is 0 Å². The van der Waals surface area contributed by atoms with E-state index in [1.165, 1.54) is 12.1 Å². The first-order valence-corrected chi connectivity index (χ1v) is 12.1. The number of hydrogen-bond donors (Lipinski definition) is 2. The third-order valence-corrected chi connectivity index (χ3v) is 9.07. The van der Waals surface area contributed by atoms with Crippen LogP contribution in [-0.4, -0.2) is 16.2 Å². The highest BCUT2D eigenvalue weighted by Crippen LogP contribution is 2.62. The summed E-state index contributed by atoms with van der Waals surface area (Å²) in [5.41, 5.74) is -0.566. The molecule has 11 heteroatoms. The van der Waals surface area contributed by atoms with Gasteiger partial charge in [-0.25, -0.2) is 4.79 Å². The quantitative estimate of drug-likeness (QED) is 0.109. The van der Waals surface area contributed by atoms with E-state index in [0.29, 0.717) is 18.3 Å². The molecule has 0 unspecified atom stereocenters. The first-order valence-electron chi connectivity index (χ1n) is 8.42. The van der Waals surface area contributed by atoms with Gasteiger partial charge in [0.2, 0.25) is 0 Å². The number of benzene rings is 3. The van der Waals surface area contributed by atoms with E-state index in [-0.39, 0.29) is 54.2 Å². The molecule has 0 amide bonds. The van der Waals surface area contributed by atoms with Crippen molar-refractivity contribution in [1.82, 2.24) is 0 Å². The second-order valence-electron chi connectivity index (χ2n) is 6.73. The lowest BCUT2D eigenvalue weighted by Gasteiger charge is -2.37. The van der Waals surface area contributed by atoms with Crippen LogP contribution in [0.4, 0.5) is 0 Å². The smallest absolute Gasteiger partial charge is 0.341 e. The Balaban J connectivity index is 2.02. The second-order valence-corrected chi connectivity index (χ2v) is 10.4. The van der Waals surface area contributed by atoms with Crippen LogP contribution in [0.15, 0.2) is 24.3 Å². The van der Waals surface area contributed by atoms with Crippen LogP contribution in [0.1, 0.15) is 27.0 Å². The fraction of sp³-hybridized carbons (Fsp3) is 0.0500. The summed E-state index contributed by atoms with van der Waals surface area (Å²) in [4.78, 5) is 13.1. The maximum atomic E-state index is 13.1. The highest BCUT2D eigenvalue weighted by atomic mass is 127. The Hall–Kier alpha value is -0.850. The van der Waals surface area contributed by atoms with Gasteiger partial charge in [0.25, 0.3) is 0 Å². The van der Waals surface area contributed by atoms with E-state index in [1.807, 2.05) is 45.2 Å². The maximum Gasteiger partial charge on any atom is 0.341 e. The Morgan fingerprint density at radius 3 is 1.77 bits per heavy atom. The molecule has 158 valence electrons. The summed E-state index contributed by atoms with van der Waals surface area (Å²) in [6, 6.07) is 6.07. The molecule has 0 saturated carbocycles. The Morgan fingerprint density at radius 2 is 1.26 bits per heavy atom. The molecule has 5 rings (SSSR count). The molecule has 0 radical (unpaired) electrons. The van der Waals surface area contributed by atoms with Crippen molar-refractivity contribution in [2.45, 2.75) is 5.60 Å². The highest BCUT2D eigenvalue weighted by molar-refractivity contribution is 14.1. The van der Waals surface area contributed by atoms with Crippen LogP contribution in [-0.2, 0) is 10.3 Å². The van der Waals surface area contributed by atoms with E-state index in [1.54, 1.807) is 12.1 Å². The van der Waals surface area contributed by atoms with Gasteiger partial charge in [0.05, 0.1) is 32.8 Å². The van der Waals surface area contributed by atoms with Crippen molar-refractivity contribution in [3.63, 3.8) is 0 Å². The number of carbonyl (C=O) groups is 1. The van der Waals surface area contributed by atoms with E-state index >= 15 is 0 Å². The SMILES string of the molecule is O=C1OC2(c3ccc(O)c(I)c3Oc3c2ccc(O)c3I)c2c(Cl)c(Cl)c(Cl)c(Cl)c21. The number of phenols is 2. The van der Waals surface area contributed by atoms with Crippen molar-refractivity contribution in [3.8, 4) is 23.0 Å². The molecule has 31 heavy (non-hydrogen) atoms. The monoisotopic (exact) mass is 720 g/mol. The second kappa shape index (κ2) is 7.33. The van der Waals surface area contributed by atoms with Crippen molar-refractivity contribution in [2.75, 3.05) is 0 Å². The minimum atomic E-state index is -1.59. The lowest BCUT2D eigenvalue weighted by atomic mass is 9.77. The zero-order chi connectivity index (χ0) is 22.4. The lowest BCUT2D eigenvalue weighted by molar-refractivity contribution is 0.0223. The molecular formula is C20H6Cl4I2O5. The van der Waals surface area contributed by atoms with Crippen LogP contribution in [0.2, 0.25) is 20.1 Å². The van der Waals surface area contributed by atoms with Crippen LogP contribution in [0.25, 0.3) is 0 Å². The molecule has 0 fully saturated rings. The van der Waals surface area contributed by atoms with Gasteiger partial charge in [-0.05, 0) is 69.4 Å². The van der Waals surface area contributed by atoms with Crippen LogP contribution in [0, 0.1) is 7.14 Å². The lowest BCUT2D eigenvalue weighted by Crippen LogP contribution is -2.34. The predicted molar refractivity (Wildman–Crippen MR) is 134 cm³/mol. The standard InChI is InChI=1S/C20H6Cl4I2O5/c21-11-9-10(12(22)14(24)13(11)23)20(31-19(9)29)5-1-3-7(27)15(25)17(5)30-18-6(20)2-4-8(28)16(18)26/h1-4,27-28H. The van der Waals surface area contributed by atoms with Crippen LogP contribution < -0.4 is 4.74 Å². The molecule has 2 aliphatic heterocycles. The number of carbonyl (C=O) groups excluding carboxylic acids is 1. The van der Waals surface area contributed by atoms with Gasteiger partial charge in [0.15, 0.2) is 17.1 Å². The fourth-order valence-electron chi connectivity index (χ4n) is 3.87. The molecule has 3 aromatic rings. The summed E-state index contributed by atoms with van der Waals surface area (Å²) >= 11 is 29.4. The van der Waals surface area contributed by atoms with Gasteiger partial charge in [-0.2, -0.15) is 0 Å². The molecule has 3 aromatic carbocycles. The maximum absolute atomic E-state index is 13.1. The Labute approximate surface area is 222 Å². The Morgan fingerprint density at radius 1 is 0.774 bits per heavy atom. The summed E-state index contributed by atoms with van der Waals surface area (Å²) in [7, 11) is 0. The van der Waals surface area contributed by atoms with Gasteiger partial charge in [-0.1, -0.05) is 46.4 Å². The molecule has 0 aliphatic carbocycles. The summed E-state index contributed by atoms with van der Waals surface area (Å²) in [6.45, 7) is 0. The average molecular weight is 722 g/mol. The number of halogens is 6. The van der Waals surface area contributed by atoms with Crippen molar-refractivity contribution < 1.29 is 24.5 Å². The number of phenolic OH excluding ortho intramolecular Hbond substituents is 2. The Bertz CT molecular complexity index is 1300. The van der Waals surface area contributed by atoms with Gasteiger partial charge < -0.3 is 19.7 Å². The van der Waals surface area contributed by atoms with E-state index in [0.717, 1.165) is 0 Å². The van der Waals surface area contributed by atoms with E-state index < -0.39 is 11.6 Å². The molecule has 0 saturated heterocycles.